The van der Waals surface area contributed by atoms with Gasteiger partial charge < -0.3 is 4.90 Å². The molecule has 0 aliphatic carbocycles. The molecule has 2 heterocycles. The predicted octanol–water partition coefficient (Wildman–Crippen LogP) is 3.59. The molecule has 8 heteroatoms. The van der Waals surface area contributed by atoms with Crippen molar-refractivity contribution >= 4 is 46.4 Å². The number of rotatable bonds is 3. The monoisotopic (exact) mass is 421 g/mol. The van der Waals surface area contributed by atoms with Crippen LogP contribution in [0.3, 0.4) is 0 Å². The topological polar surface area (TPSA) is 43.9 Å². The Morgan fingerprint density at radius 3 is 2.29 bits per heavy atom. The molecule has 2 aliphatic rings. The second-order valence-corrected chi connectivity index (χ2v) is 7.62. The van der Waals surface area contributed by atoms with E-state index in [-0.39, 0.29) is 29.1 Å². The molecule has 2 aromatic carbocycles. The van der Waals surface area contributed by atoms with Crippen LogP contribution in [0.4, 0.5) is 15.8 Å². The number of benzene rings is 2. The second-order valence-electron chi connectivity index (χ2n) is 6.83. The van der Waals surface area contributed by atoms with Gasteiger partial charge in [-0.3, -0.25) is 14.5 Å². The molecule has 4 rings (SSSR count). The molecule has 0 spiro atoms. The minimum Gasteiger partial charge on any atom is -0.367 e. The third-order valence-electron chi connectivity index (χ3n) is 5.24. The number of halogens is 3. The lowest BCUT2D eigenvalue weighted by atomic mass is 10.1. The van der Waals surface area contributed by atoms with Gasteiger partial charge in [-0.1, -0.05) is 41.4 Å². The summed E-state index contributed by atoms with van der Waals surface area (Å²) in [6.45, 7) is 2.29. The van der Waals surface area contributed by atoms with Gasteiger partial charge in [0.15, 0.2) is 0 Å². The first kappa shape index (κ1) is 19.2. The van der Waals surface area contributed by atoms with Gasteiger partial charge in [-0.2, -0.15) is 0 Å². The van der Waals surface area contributed by atoms with Crippen LogP contribution in [0, 0.1) is 5.82 Å². The Hall–Kier alpha value is -2.15. The Balaban J connectivity index is 1.48. The highest BCUT2D eigenvalue weighted by Crippen LogP contribution is 2.36. The minimum absolute atomic E-state index is 0.0986. The fourth-order valence-electron chi connectivity index (χ4n) is 3.80. The third-order valence-corrected chi connectivity index (χ3v) is 6.05. The molecule has 5 nitrogen and oxygen atoms in total. The molecule has 2 amide bonds. The first-order chi connectivity index (χ1) is 13.5. The number of amides is 2. The number of imide groups is 1. The van der Waals surface area contributed by atoms with E-state index >= 15 is 0 Å². The molecule has 2 saturated heterocycles. The minimum atomic E-state index is -0.537. The predicted molar refractivity (Wildman–Crippen MR) is 108 cm³/mol. The van der Waals surface area contributed by atoms with Crippen molar-refractivity contribution in [3.8, 4) is 0 Å². The molecule has 2 aliphatic heterocycles. The summed E-state index contributed by atoms with van der Waals surface area (Å²) in [5, 5.41) is 0.484. The summed E-state index contributed by atoms with van der Waals surface area (Å²) in [5.41, 5.74) is 0.875. The second kappa shape index (κ2) is 7.70. The summed E-state index contributed by atoms with van der Waals surface area (Å²) in [6, 6.07) is 11.0. The Morgan fingerprint density at radius 2 is 1.57 bits per heavy atom. The summed E-state index contributed by atoms with van der Waals surface area (Å²) in [6.07, 6.45) is 0.0986. The van der Waals surface area contributed by atoms with Gasteiger partial charge in [0.2, 0.25) is 5.91 Å². The van der Waals surface area contributed by atoms with Crippen molar-refractivity contribution in [3.63, 3.8) is 0 Å². The fraction of sp³-hybridized carbons (Fsp3) is 0.300. The van der Waals surface area contributed by atoms with Gasteiger partial charge in [-0.25, -0.2) is 9.29 Å². The van der Waals surface area contributed by atoms with Crippen molar-refractivity contribution in [2.75, 3.05) is 36.0 Å². The van der Waals surface area contributed by atoms with Crippen LogP contribution in [0.25, 0.3) is 0 Å². The summed E-state index contributed by atoms with van der Waals surface area (Å²) in [4.78, 5) is 30.6. The highest BCUT2D eigenvalue weighted by molar-refractivity contribution is 6.44. The number of anilines is 2. The smallest absolute Gasteiger partial charge is 0.251 e. The maximum Gasteiger partial charge on any atom is 0.251 e. The van der Waals surface area contributed by atoms with Gasteiger partial charge in [0.1, 0.15) is 5.82 Å². The molecule has 28 heavy (non-hydrogen) atoms. The van der Waals surface area contributed by atoms with Crippen molar-refractivity contribution in [3.05, 3.63) is 58.3 Å². The normalized spacial score (nSPS) is 20.9. The molecular formula is C20H18Cl2FN3O2. The number of piperazine rings is 1. The SMILES string of the molecule is O=C1C[C@@H](N2CCN(c3ccccc3F)CC2)C(=O)N1c1cccc(Cl)c1Cl. The summed E-state index contributed by atoms with van der Waals surface area (Å²) in [5.74, 6) is -0.853. The lowest BCUT2D eigenvalue weighted by Gasteiger charge is -2.38. The van der Waals surface area contributed by atoms with E-state index < -0.39 is 6.04 Å². The Morgan fingerprint density at radius 1 is 0.893 bits per heavy atom. The molecule has 0 radical (unpaired) electrons. The van der Waals surface area contributed by atoms with Crippen LogP contribution in [-0.2, 0) is 9.59 Å². The summed E-state index contributed by atoms with van der Waals surface area (Å²) < 4.78 is 14.0. The van der Waals surface area contributed by atoms with Crippen LogP contribution in [0.5, 0.6) is 0 Å². The van der Waals surface area contributed by atoms with Crippen LogP contribution in [0.1, 0.15) is 6.42 Å². The first-order valence-corrected chi connectivity index (χ1v) is 9.77. The molecule has 0 unspecified atom stereocenters. The van der Waals surface area contributed by atoms with E-state index in [4.69, 9.17) is 23.2 Å². The molecule has 0 bridgehead atoms. The lowest BCUT2D eigenvalue weighted by molar-refractivity contribution is -0.123. The van der Waals surface area contributed by atoms with E-state index in [1.165, 1.54) is 6.07 Å². The largest absolute Gasteiger partial charge is 0.367 e. The van der Waals surface area contributed by atoms with Gasteiger partial charge >= 0.3 is 0 Å². The van der Waals surface area contributed by atoms with E-state index in [2.05, 4.69) is 0 Å². The third kappa shape index (κ3) is 3.36. The maximum atomic E-state index is 14.0. The van der Waals surface area contributed by atoms with E-state index in [1.54, 1.807) is 36.4 Å². The molecule has 146 valence electrons. The van der Waals surface area contributed by atoms with Crippen molar-refractivity contribution < 1.29 is 14.0 Å². The summed E-state index contributed by atoms with van der Waals surface area (Å²) >= 11 is 12.2. The fourth-order valence-corrected chi connectivity index (χ4v) is 4.18. The molecule has 0 saturated carbocycles. The van der Waals surface area contributed by atoms with E-state index in [0.29, 0.717) is 42.6 Å². The number of hydrogen-bond donors (Lipinski definition) is 0. The zero-order valence-corrected chi connectivity index (χ0v) is 16.5. The first-order valence-electron chi connectivity index (χ1n) is 9.01. The molecule has 2 aromatic rings. The van der Waals surface area contributed by atoms with Crippen molar-refractivity contribution in [2.24, 2.45) is 0 Å². The number of carbonyl (C=O) groups excluding carboxylic acids is 2. The van der Waals surface area contributed by atoms with Crippen molar-refractivity contribution in [1.29, 1.82) is 0 Å². The maximum absolute atomic E-state index is 14.0. The highest BCUT2D eigenvalue weighted by atomic mass is 35.5. The van der Waals surface area contributed by atoms with Gasteiger partial charge in [0, 0.05) is 26.2 Å². The molecule has 1 atom stereocenters. The Bertz CT molecular complexity index is 931. The zero-order valence-electron chi connectivity index (χ0n) is 14.9. The molecule has 0 aromatic heterocycles. The molecule has 0 N–H and O–H groups in total. The summed E-state index contributed by atoms with van der Waals surface area (Å²) in [7, 11) is 0. The highest BCUT2D eigenvalue weighted by Gasteiger charge is 2.44. The van der Waals surface area contributed by atoms with Crippen LogP contribution in [0.2, 0.25) is 10.0 Å². The van der Waals surface area contributed by atoms with Crippen LogP contribution < -0.4 is 9.80 Å². The quantitative estimate of drug-likeness (QED) is 0.710. The van der Waals surface area contributed by atoms with Crippen molar-refractivity contribution in [2.45, 2.75) is 12.5 Å². The molecular weight excluding hydrogens is 404 g/mol. The molecule has 2 fully saturated rings. The Labute approximate surface area is 172 Å². The van der Waals surface area contributed by atoms with Crippen LogP contribution >= 0.6 is 23.2 Å². The Kier molecular flexibility index (Phi) is 5.27. The van der Waals surface area contributed by atoms with Gasteiger partial charge in [0.25, 0.3) is 5.91 Å². The van der Waals surface area contributed by atoms with E-state index in [0.717, 1.165) is 4.90 Å². The van der Waals surface area contributed by atoms with Gasteiger partial charge in [-0.05, 0) is 24.3 Å². The number of hydrogen-bond acceptors (Lipinski definition) is 4. The number of carbonyl (C=O) groups is 2. The standard InChI is InChI=1S/C20H18Cl2FN3O2/c21-13-4-3-7-16(19(13)22)26-18(27)12-17(20(26)28)25-10-8-24(9-11-25)15-6-2-1-5-14(15)23/h1-7,17H,8-12H2/t17-/m1/s1. The van der Waals surface area contributed by atoms with Crippen molar-refractivity contribution in [1.82, 2.24) is 4.90 Å². The van der Waals surface area contributed by atoms with E-state index in [1.807, 2.05) is 9.80 Å². The average molecular weight is 422 g/mol. The average Bonchev–Trinajstić information content (AvgIpc) is 2.99. The van der Waals surface area contributed by atoms with Crippen LogP contribution in [-0.4, -0.2) is 48.9 Å². The zero-order chi connectivity index (χ0) is 19.8. The van der Waals surface area contributed by atoms with Crippen LogP contribution in [0.15, 0.2) is 42.5 Å². The number of para-hydroxylation sites is 1. The lowest BCUT2D eigenvalue weighted by Crippen LogP contribution is -2.52. The number of nitrogens with zero attached hydrogens (tertiary/aromatic N) is 3. The van der Waals surface area contributed by atoms with Gasteiger partial charge in [0.05, 0.1) is 33.9 Å². The van der Waals surface area contributed by atoms with Gasteiger partial charge in [-0.15, -0.1) is 0 Å². The van der Waals surface area contributed by atoms with E-state index in [9.17, 15) is 14.0 Å².